The molecule has 0 fully saturated rings. The van der Waals surface area contributed by atoms with Crippen LogP contribution in [0.2, 0.25) is 0 Å². The maximum Gasteiger partial charge on any atom is 0.255 e. The first-order chi connectivity index (χ1) is 12.6. The SMILES string of the molecule is N#CCN(CCc1ccc(F)cc1)C(=O)c1csc2c1CCCC2N=O. The number of thiophene rings is 1. The highest BCUT2D eigenvalue weighted by atomic mass is 32.1. The fourth-order valence-electron chi connectivity index (χ4n) is 3.24. The Balaban J connectivity index is 1.77. The van der Waals surface area contributed by atoms with Gasteiger partial charge in [0.25, 0.3) is 5.91 Å². The molecule has 1 aliphatic rings. The average molecular weight is 371 g/mol. The zero-order valence-electron chi connectivity index (χ0n) is 14.2. The summed E-state index contributed by atoms with van der Waals surface area (Å²) in [5.41, 5.74) is 2.38. The number of nitrogens with zero attached hydrogens (tertiary/aromatic N) is 3. The summed E-state index contributed by atoms with van der Waals surface area (Å²) in [5, 5.41) is 14.0. The van der Waals surface area contributed by atoms with Gasteiger partial charge in [0.2, 0.25) is 0 Å². The van der Waals surface area contributed by atoms with E-state index in [0.29, 0.717) is 18.5 Å². The van der Waals surface area contributed by atoms with Crippen LogP contribution in [0.5, 0.6) is 0 Å². The van der Waals surface area contributed by atoms with Crippen LogP contribution in [0.4, 0.5) is 4.39 Å². The summed E-state index contributed by atoms with van der Waals surface area (Å²) in [7, 11) is 0. The van der Waals surface area contributed by atoms with Gasteiger partial charge in [0.05, 0.1) is 11.6 Å². The Bertz CT molecular complexity index is 841. The van der Waals surface area contributed by atoms with Crippen molar-refractivity contribution in [1.82, 2.24) is 4.90 Å². The van der Waals surface area contributed by atoms with Crippen molar-refractivity contribution in [2.75, 3.05) is 13.1 Å². The molecule has 0 N–H and O–H groups in total. The van der Waals surface area contributed by atoms with Crippen molar-refractivity contribution in [3.05, 3.63) is 61.9 Å². The first-order valence-corrected chi connectivity index (χ1v) is 9.35. The molecule has 2 aromatic rings. The normalized spacial score (nSPS) is 15.8. The molecule has 0 aliphatic heterocycles. The highest BCUT2D eigenvalue weighted by molar-refractivity contribution is 7.10. The fourth-order valence-corrected chi connectivity index (χ4v) is 4.40. The maximum atomic E-state index is 13.0. The Labute approximate surface area is 155 Å². The Morgan fingerprint density at radius 3 is 2.85 bits per heavy atom. The molecule has 0 saturated carbocycles. The third kappa shape index (κ3) is 3.81. The van der Waals surface area contributed by atoms with E-state index in [1.54, 1.807) is 17.5 Å². The second kappa shape index (κ2) is 8.19. The number of rotatable bonds is 6. The van der Waals surface area contributed by atoms with Gasteiger partial charge in [-0.25, -0.2) is 4.39 Å². The minimum absolute atomic E-state index is 0.0139. The smallest absolute Gasteiger partial charge is 0.255 e. The van der Waals surface area contributed by atoms with E-state index in [2.05, 4.69) is 5.18 Å². The number of hydrogen-bond donors (Lipinski definition) is 0. The van der Waals surface area contributed by atoms with Gasteiger partial charge >= 0.3 is 0 Å². The molecule has 1 aliphatic carbocycles. The molecule has 1 heterocycles. The van der Waals surface area contributed by atoms with Crippen molar-refractivity contribution >= 4 is 17.2 Å². The van der Waals surface area contributed by atoms with Crippen molar-refractivity contribution in [2.24, 2.45) is 5.18 Å². The summed E-state index contributed by atoms with van der Waals surface area (Å²) in [6.45, 7) is 0.359. The van der Waals surface area contributed by atoms with E-state index in [9.17, 15) is 14.1 Å². The fraction of sp³-hybridized carbons (Fsp3) is 0.368. The maximum absolute atomic E-state index is 13.0. The molecular formula is C19H18FN3O2S. The second-order valence-corrected chi connectivity index (χ2v) is 7.18. The lowest BCUT2D eigenvalue weighted by Crippen LogP contribution is -2.33. The minimum atomic E-state index is -0.367. The molecule has 1 aromatic heterocycles. The molecule has 26 heavy (non-hydrogen) atoms. The Morgan fingerprint density at radius 1 is 1.38 bits per heavy atom. The van der Waals surface area contributed by atoms with Crippen LogP contribution in [0.15, 0.2) is 34.8 Å². The number of carbonyl (C=O) groups is 1. The molecule has 1 amide bonds. The van der Waals surface area contributed by atoms with Crippen LogP contribution in [-0.2, 0) is 12.8 Å². The van der Waals surface area contributed by atoms with Crippen LogP contribution < -0.4 is 0 Å². The molecule has 0 saturated heterocycles. The Morgan fingerprint density at radius 2 is 2.15 bits per heavy atom. The standard InChI is InChI=1S/C19H18FN3O2S/c20-14-6-4-13(5-7-14)8-10-23(11-9-21)19(24)16-12-26-18-15(16)2-1-3-17(18)22-25/h4-7,12,17H,1-3,8,10-11H2. The Kier molecular flexibility index (Phi) is 5.74. The van der Waals surface area contributed by atoms with Gasteiger partial charge in [0.15, 0.2) is 0 Å². The van der Waals surface area contributed by atoms with Gasteiger partial charge in [-0.2, -0.15) is 10.2 Å². The molecule has 3 rings (SSSR count). The number of hydrogen-bond acceptors (Lipinski definition) is 5. The first-order valence-electron chi connectivity index (χ1n) is 8.47. The van der Waals surface area contributed by atoms with Crippen LogP contribution in [-0.4, -0.2) is 23.9 Å². The van der Waals surface area contributed by atoms with Crippen molar-refractivity contribution in [2.45, 2.75) is 31.7 Å². The number of nitroso groups, excluding NO2 is 1. The largest absolute Gasteiger partial charge is 0.325 e. The molecule has 5 nitrogen and oxygen atoms in total. The Hall–Kier alpha value is -2.59. The van der Waals surface area contributed by atoms with Crippen molar-refractivity contribution in [3.63, 3.8) is 0 Å². The molecule has 7 heteroatoms. The topological polar surface area (TPSA) is 73.5 Å². The van der Waals surface area contributed by atoms with E-state index in [-0.39, 0.29) is 24.3 Å². The van der Waals surface area contributed by atoms with Crippen LogP contribution >= 0.6 is 11.3 Å². The van der Waals surface area contributed by atoms with Gasteiger partial charge in [-0.05, 0) is 48.9 Å². The molecule has 134 valence electrons. The van der Waals surface area contributed by atoms with Crippen molar-refractivity contribution in [3.8, 4) is 6.07 Å². The lowest BCUT2D eigenvalue weighted by Gasteiger charge is -2.22. The van der Waals surface area contributed by atoms with Crippen molar-refractivity contribution in [1.29, 1.82) is 5.26 Å². The summed E-state index contributed by atoms with van der Waals surface area (Å²) < 4.78 is 13.0. The van der Waals surface area contributed by atoms with E-state index in [0.717, 1.165) is 35.3 Å². The molecule has 1 atom stereocenters. The lowest BCUT2D eigenvalue weighted by molar-refractivity contribution is 0.0777. The lowest BCUT2D eigenvalue weighted by atomic mass is 9.92. The van der Waals surface area contributed by atoms with E-state index in [4.69, 9.17) is 5.26 Å². The van der Waals surface area contributed by atoms with Crippen molar-refractivity contribution < 1.29 is 9.18 Å². The van der Waals surface area contributed by atoms with Crippen LogP contribution in [0.3, 0.4) is 0 Å². The van der Waals surface area contributed by atoms with Gasteiger partial charge < -0.3 is 4.90 Å². The van der Waals surface area contributed by atoms with E-state index < -0.39 is 0 Å². The predicted octanol–water partition coefficient (Wildman–Crippen LogP) is 4.24. The van der Waals surface area contributed by atoms with Gasteiger partial charge in [-0.3, -0.25) is 4.79 Å². The number of fused-ring (bicyclic) bond motifs is 1. The quantitative estimate of drug-likeness (QED) is 0.563. The predicted molar refractivity (Wildman–Crippen MR) is 97.4 cm³/mol. The second-order valence-electron chi connectivity index (χ2n) is 6.27. The highest BCUT2D eigenvalue weighted by Crippen LogP contribution is 2.39. The molecule has 1 aromatic carbocycles. The zero-order valence-corrected chi connectivity index (χ0v) is 15.0. The number of nitriles is 1. The van der Waals surface area contributed by atoms with Gasteiger partial charge in [0.1, 0.15) is 18.4 Å². The third-order valence-corrected chi connectivity index (χ3v) is 5.75. The molecule has 0 radical (unpaired) electrons. The van der Waals surface area contributed by atoms with Crippen LogP contribution in [0.1, 0.15) is 45.2 Å². The molecule has 1 unspecified atom stereocenters. The van der Waals surface area contributed by atoms with Crippen LogP contribution in [0, 0.1) is 22.1 Å². The van der Waals surface area contributed by atoms with E-state index in [1.165, 1.54) is 28.4 Å². The summed E-state index contributed by atoms with van der Waals surface area (Å²) in [6.07, 6.45) is 2.84. The molecular weight excluding hydrogens is 353 g/mol. The number of benzene rings is 1. The highest BCUT2D eigenvalue weighted by Gasteiger charge is 2.29. The van der Waals surface area contributed by atoms with Gasteiger partial charge in [-0.1, -0.05) is 17.3 Å². The summed E-state index contributed by atoms with van der Waals surface area (Å²) in [6, 6.07) is 7.79. The van der Waals surface area contributed by atoms with Crippen LogP contribution in [0.25, 0.3) is 0 Å². The number of carbonyl (C=O) groups excluding carboxylic acids is 1. The summed E-state index contributed by atoms with van der Waals surface area (Å²) in [5.74, 6) is -0.500. The van der Waals surface area contributed by atoms with E-state index in [1.807, 2.05) is 6.07 Å². The summed E-state index contributed by atoms with van der Waals surface area (Å²) >= 11 is 1.40. The molecule has 0 spiro atoms. The monoisotopic (exact) mass is 371 g/mol. The first kappa shape index (κ1) is 18.2. The number of halogens is 1. The average Bonchev–Trinajstić information content (AvgIpc) is 3.10. The van der Waals surface area contributed by atoms with E-state index >= 15 is 0 Å². The summed E-state index contributed by atoms with van der Waals surface area (Å²) in [4.78, 5) is 26.3. The number of amides is 1. The molecule has 0 bridgehead atoms. The van der Waals surface area contributed by atoms with Gasteiger partial charge in [0, 0.05) is 16.8 Å². The zero-order chi connectivity index (χ0) is 18.5. The van der Waals surface area contributed by atoms with Gasteiger partial charge in [-0.15, -0.1) is 11.3 Å². The minimum Gasteiger partial charge on any atom is -0.325 e. The third-order valence-electron chi connectivity index (χ3n) is 4.62.